The van der Waals surface area contributed by atoms with Crippen molar-refractivity contribution in [2.75, 3.05) is 18.9 Å². The molecular formula is C18H22ClN5O9P+. The molecule has 2 aromatic heterocycles. The van der Waals surface area contributed by atoms with E-state index < -0.39 is 44.0 Å². The number of phosphoric acid groups is 1. The third-order valence-corrected chi connectivity index (χ3v) is 6.10. The Morgan fingerprint density at radius 3 is 2.71 bits per heavy atom. The topological polar surface area (TPSA) is 206 Å². The van der Waals surface area contributed by atoms with Crippen LogP contribution >= 0.6 is 19.6 Å². The van der Waals surface area contributed by atoms with Crippen LogP contribution in [0.25, 0.3) is 11.2 Å². The van der Waals surface area contributed by atoms with Crippen LogP contribution in [0.2, 0.25) is 0 Å². The van der Waals surface area contributed by atoms with Crippen molar-refractivity contribution in [3.63, 3.8) is 0 Å². The van der Waals surface area contributed by atoms with E-state index in [1.165, 1.54) is 10.9 Å². The number of benzene rings is 1. The Balaban J connectivity index is 1.75. The van der Waals surface area contributed by atoms with Gasteiger partial charge in [-0.2, -0.15) is 9.55 Å². The summed E-state index contributed by atoms with van der Waals surface area (Å²) in [7, 11) is -4.89. The molecule has 14 nitrogen and oxygen atoms in total. The van der Waals surface area contributed by atoms with Gasteiger partial charge < -0.3 is 35.2 Å². The van der Waals surface area contributed by atoms with Gasteiger partial charge in [0, 0.05) is 0 Å². The first-order valence-electron chi connectivity index (χ1n) is 9.93. The van der Waals surface area contributed by atoms with Gasteiger partial charge in [0.05, 0.1) is 19.6 Å². The van der Waals surface area contributed by atoms with E-state index in [0.717, 1.165) is 4.09 Å². The lowest BCUT2D eigenvalue weighted by Crippen LogP contribution is -2.47. The van der Waals surface area contributed by atoms with E-state index in [1.54, 1.807) is 30.3 Å². The number of phosphoric ester groups is 1. The highest BCUT2D eigenvalue weighted by molar-refractivity contribution is 7.46. The lowest BCUT2D eigenvalue weighted by Gasteiger charge is -2.28. The minimum absolute atomic E-state index is 0.0412. The molecule has 34 heavy (non-hydrogen) atoms. The summed E-state index contributed by atoms with van der Waals surface area (Å²) in [5.74, 6) is 0.287. The molecule has 0 spiro atoms. The molecule has 0 aliphatic carbocycles. The second-order valence-electron chi connectivity index (χ2n) is 7.55. The second-order valence-corrected chi connectivity index (χ2v) is 9.16. The molecule has 7 N–H and O–H groups in total. The number of nitrogen functional groups attached to an aromatic ring is 1. The largest absolute Gasteiger partial charge is 0.493 e. The summed E-state index contributed by atoms with van der Waals surface area (Å²) < 4.78 is 29.4. The quantitative estimate of drug-likeness (QED) is 0.198. The SMILES string of the molecule is Nc1nc2c(c(=O)[nH]1)[n+](Cl)cn2[C@]1(CCOc2ccccc2)O[C@H](COP(=O)(O)O)[C@@H](O)[C@H]1O. The molecule has 16 heteroatoms. The van der Waals surface area contributed by atoms with Gasteiger partial charge in [-0.1, -0.05) is 18.2 Å². The van der Waals surface area contributed by atoms with Crippen molar-refractivity contribution in [1.82, 2.24) is 14.5 Å². The normalized spacial score (nSPS) is 25.1. The van der Waals surface area contributed by atoms with Gasteiger partial charge in [0.15, 0.2) is 6.10 Å². The van der Waals surface area contributed by atoms with E-state index in [1.807, 2.05) is 0 Å². The summed E-state index contributed by atoms with van der Waals surface area (Å²) in [5, 5.41) is 21.7. The predicted molar refractivity (Wildman–Crippen MR) is 116 cm³/mol. The number of anilines is 1. The zero-order valence-electron chi connectivity index (χ0n) is 17.4. The molecule has 0 amide bonds. The van der Waals surface area contributed by atoms with Gasteiger partial charge in [-0.15, -0.1) is 4.09 Å². The Kier molecular flexibility index (Phi) is 6.68. The Bertz CT molecular complexity index is 1280. The van der Waals surface area contributed by atoms with Crippen molar-refractivity contribution in [3.05, 3.63) is 47.0 Å². The van der Waals surface area contributed by atoms with Crippen molar-refractivity contribution in [3.8, 4) is 5.75 Å². The number of H-pyrrole nitrogens is 1. The number of para-hydroxylation sites is 1. The fraction of sp³-hybridized carbons (Fsp3) is 0.389. The average molecular weight is 519 g/mol. The Morgan fingerprint density at radius 1 is 1.32 bits per heavy atom. The smallest absolute Gasteiger partial charge is 0.469 e. The van der Waals surface area contributed by atoms with E-state index >= 15 is 0 Å². The zero-order chi connectivity index (χ0) is 24.7. The lowest BCUT2D eigenvalue weighted by atomic mass is 9.99. The number of fused-ring (bicyclic) bond motifs is 1. The van der Waals surface area contributed by atoms with Gasteiger partial charge >= 0.3 is 13.4 Å². The maximum absolute atomic E-state index is 12.4. The Morgan fingerprint density at radius 2 is 2.03 bits per heavy atom. The molecule has 0 bridgehead atoms. The molecule has 0 unspecified atom stereocenters. The predicted octanol–water partition coefficient (Wildman–Crippen LogP) is -1.05. The molecule has 3 heterocycles. The first kappa shape index (κ1) is 24.6. The first-order valence-corrected chi connectivity index (χ1v) is 11.8. The van der Waals surface area contributed by atoms with Crippen molar-refractivity contribution in [2.24, 2.45) is 0 Å². The third kappa shape index (κ3) is 4.67. The molecule has 1 fully saturated rings. The third-order valence-electron chi connectivity index (χ3n) is 5.36. The number of imidazole rings is 1. The molecule has 0 radical (unpaired) electrons. The molecule has 0 saturated carbocycles. The second kappa shape index (κ2) is 9.24. The van der Waals surface area contributed by atoms with Crippen LogP contribution in [-0.2, 0) is 19.6 Å². The van der Waals surface area contributed by atoms with E-state index in [0.29, 0.717) is 5.75 Å². The van der Waals surface area contributed by atoms with Gasteiger partial charge in [0.2, 0.25) is 11.7 Å². The number of aliphatic hydroxyl groups excluding tert-OH is 2. The molecule has 4 rings (SSSR count). The Hall–Kier alpha value is -2.55. The van der Waals surface area contributed by atoms with Gasteiger partial charge in [-0.25, -0.2) is 4.57 Å². The number of hydrogen-bond acceptors (Lipinski definition) is 9. The molecule has 1 saturated heterocycles. The lowest BCUT2D eigenvalue weighted by molar-refractivity contribution is -0.492. The number of aromatic nitrogens is 4. The van der Waals surface area contributed by atoms with Crippen LogP contribution in [0.1, 0.15) is 6.42 Å². The molecule has 184 valence electrons. The summed E-state index contributed by atoms with van der Waals surface area (Å²) in [6.07, 6.45) is -3.57. The van der Waals surface area contributed by atoms with Crippen LogP contribution in [0.15, 0.2) is 41.5 Å². The number of ether oxygens (including phenoxy) is 2. The summed E-state index contributed by atoms with van der Waals surface area (Å²) in [5.41, 5.74) is 3.01. The monoisotopic (exact) mass is 518 g/mol. The van der Waals surface area contributed by atoms with Crippen molar-refractivity contribution in [1.29, 1.82) is 0 Å². The number of hydrogen-bond donors (Lipinski definition) is 6. The van der Waals surface area contributed by atoms with Crippen LogP contribution in [0.3, 0.4) is 0 Å². The minimum atomic E-state index is -4.89. The van der Waals surface area contributed by atoms with Crippen LogP contribution < -0.4 is 20.1 Å². The van der Waals surface area contributed by atoms with E-state index in [4.69, 9.17) is 36.8 Å². The van der Waals surface area contributed by atoms with Crippen LogP contribution in [0, 0.1) is 0 Å². The Labute approximate surface area is 196 Å². The van der Waals surface area contributed by atoms with Gasteiger partial charge in [-0.05, 0) is 12.1 Å². The minimum Gasteiger partial charge on any atom is -0.493 e. The molecular weight excluding hydrogens is 497 g/mol. The number of nitrogens with zero attached hydrogens (tertiary/aromatic N) is 3. The molecule has 1 aliphatic heterocycles. The van der Waals surface area contributed by atoms with Crippen molar-refractivity contribution in [2.45, 2.75) is 30.5 Å². The van der Waals surface area contributed by atoms with Crippen LogP contribution in [0.5, 0.6) is 5.75 Å². The molecule has 3 aromatic rings. The maximum atomic E-state index is 12.4. The van der Waals surface area contributed by atoms with E-state index in [2.05, 4.69) is 14.5 Å². The summed E-state index contributed by atoms with van der Waals surface area (Å²) in [4.78, 5) is 36.9. The van der Waals surface area contributed by atoms with Gasteiger partial charge in [0.1, 0.15) is 29.7 Å². The fourth-order valence-electron chi connectivity index (χ4n) is 3.86. The zero-order valence-corrected chi connectivity index (χ0v) is 19.0. The average Bonchev–Trinajstić information content (AvgIpc) is 3.22. The summed E-state index contributed by atoms with van der Waals surface area (Å²) in [6, 6.07) is 8.76. The number of aromatic amines is 1. The van der Waals surface area contributed by atoms with Crippen LogP contribution in [-0.4, -0.2) is 66.1 Å². The molecule has 1 aromatic carbocycles. The van der Waals surface area contributed by atoms with E-state index in [9.17, 15) is 19.6 Å². The molecule has 1 aliphatic rings. The fourth-order valence-corrected chi connectivity index (χ4v) is 4.44. The first-order chi connectivity index (χ1) is 16.0. The number of halogens is 1. The number of nitrogens with two attached hydrogens (primary N) is 1. The van der Waals surface area contributed by atoms with Crippen molar-refractivity contribution >= 4 is 36.7 Å². The number of rotatable bonds is 8. The highest BCUT2D eigenvalue weighted by atomic mass is 35.5. The highest BCUT2D eigenvalue weighted by Crippen LogP contribution is 2.42. The standard InChI is InChI=1S/C18H21ClN5O9P/c19-24-9-23(15-12(24)16(27)22-17(20)21-15)18(6-7-31-10-4-2-1-3-5-10)14(26)13(25)11(33-18)8-32-34(28,29)30/h1-5,9,11,13-14,25-26H,6-8H2,(H4-,20,21,22,27,28,29,30)/p+1/t11-,13-,14-,18-/m1/s1. The van der Waals surface area contributed by atoms with E-state index in [-0.39, 0.29) is 30.1 Å². The number of aliphatic hydroxyl groups is 2. The summed E-state index contributed by atoms with van der Waals surface area (Å²) >= 11 is 6.18. The van der Waals surface area contributed by atoms with Crippen LogP contribution in [0.4, 0.5) is 5.95 Å². The van der Waals surface area contributed by atoms with Crippen molar-refractivity contribution < 1.29 is 42.6 Å². The summed E-state index contributed by atoms with van der Waals surface area (Å²) in [6.45, 7) is -0.777. The highest BCUT2D eigenvalue weighted by Gasteiger charge is 2.60. The van der Waals surface area contributed by atoms with Gasteiger partial charge in [-0.3, -0.25) is 14.3 Å². The maximum Gasteiger partial charge on any atom is 0.469 e. The number of nitrogens with one attached hydrogen (secondary N) is 1. The van der Waals surface area contributed by atoms with Gasteiger partial charge in [0.25, 0.3) is 17.5 Å². The molecule has 4 atom stereocenters.